The SMILES string of the molecule is Cc1ccc(Sc2ccc([N+](=O)[O-])cc2CNc2cc(Cl)cc(C(C)O)c2O)cc1. The molecule has 0 fully saturated rings. The van der Waals surface area contributed by atoms with Gasteiger partial charge in [0.25, 0.3) is 5.69 Å². The normalized spacial score (nSPS) is 11.9. The number of phenols is 1. The third kappa shape index (κ3) is 5.24. The Morgan fingerprint density at radius 2 is 1.87 bits per heavy atom. The van der Waals surface area contributed by atoms with Gasteiger partial charge in [0.05, 0.1) is 16.7 Å². The molecule has 1 atom stereocenters. The maximum Gasteiger partial charge on any atom is 0.269 e. The number of hydrogen-bond acceptors (Lipinski definition) is 6. The smallest absolute Gasteiger partial charge is 0.269 e. The molecular weight excluding hydrogens is 424 g/mol. The molecule has 156 valence electrons. The van der Waals surface area contributed by atoms with E-state index in [0.717, 1.165) is 15.4 Å². The summed E-state index contributed by atoms with van der Waals surface area (Å²) in [6.07, 6.45) is -0.894. The second kappa shape index (κ2) is 9.38. The molecule has 3 aromatic carbocycles. The highest BCUT2D eigenvalue weighted by molar-refractivity contribution is 7.99. The topological polar surface area (TPSA) is 95.6 Å². The summed E-state index contributed by atoms with van der Waals surface area (Å²) in [4.78, 5) is 12.7. The van der Waals surface area contributed by atoms with E-state index in [-0.39, 0.29) is 18.0 Å². The van der Waals surface area contributed by atoms with Crippen molar-refractivity contribution in [3.63, 3.8) is 0 Å². The highest BCUT2D eigenvalue weighted by atomic mass is 35.5. The molecule has 3 rings (SSSR count). The predicted molar refractivity (Wildman–Crippen MR) is 119 cm³/mol. The third-order valence-corrected chi connectivity index (χ3v) is 5.87. The fourth-order valence-electron chi connectivity index (χ4n) is 2.91. The van der Waals surface area contributed by atoms with Gasteiger partial charge in [-0.25, -0.2) is 0 Å². The molecule has 1 unspecified atom stereocenters. The minimum absolute atomic E-state index is 0.0139. The molecule has 6 nitrogen and oxygen atoms in total. The zero-order valence-electron chi connectivity index (χ0n) is 16.4. The van der Waals surface area contributed by atoms with E-state index in [9.17, 15) is 20.3 Å². The fourth-order valence-corrected chi connectivity index (χ4v) is 4.07. The number of halogens is 1. The van der Waals surface area contributed by atoms with Crippen LogP contribution in [0, 0.1) is 17.0 Å². The highest BCUT2D eigenvalue weighted by Gasteiger charge is 2.16. The van der Waals surface area contributed by atoms with Crippen LogP contribution in [0.4, 0.5) is 11.4 Å². The molecule has 0 aliphatic rings. The number of aromatic hydroxyl groups is 1. The van der Waals surface area contributed by atoms with Crippen LogP contribution in [-0.2, 0) is 6.54 Å². The molecule has 0 radical (unpaired) electrons. The van der Waals surface area contributed by atoms with Crippen LogP contribution in [0.2, 0.25) is 5.02 Å². The first-order valence-electron chi connectivity index (χ1n) is 9.21. The quantitative estimate of drug-likeness (QED) is 0.232. The lowest BCUT2D eigenvalue weighted by Crippen LogP contribution is -2.04. The van der Waals surface area contributed by atoms with Gasteiger partial charge >= 0.3 is 0 Å². The summed E-state index contributed by atoms with van der Waals surface area (Å²) in [5, 5.41) is 35.0. The zero-order chi connectivity index (χ0) is 21.8. The van der Waals surface area contributed by atoms with Crippen molar-refractivity contribution in [3.8, 4) is 5.75 Å². The fraction of sp³-hybridized carbons (Fsp3) is 0.182. The number of nitrogens with zero attached hydrogens (tertiary/aromatic N) is 1. The van der Waals surface area contributed by atoms with Gasteiger partial charge in [0.1, 0.15) is 5.75 Å². The monoisotopic (exact) mass is 444 g/mol. The van der Waals surface area contributed by atoms with Gasteiger partial charge < -0.3 is 15.5 Å². The van der Waals surface area contributed by atoms with Gasteiger partial charge in [-0.1, -0.05) is 41.1 Å². The summed E-state index contributed by atoms with van der Waals surface area (Å²) in [5.74, 6) is -0.104. The molecule has 8 heteroatoms. The number of nitro groups is 1. The number of phenolic OH excluding ortho intramolecular Hbond substituents is 1. The van der Waals surface area contributed by atoms with Crippen molar-refractivity contribution < 1.29 is 15.1 Å². The van der Waals surface area contributed by atoms with E-state index < -0.39 is 11.0 Å². The molecule has 3 N–H and O–H groups in total. The minimum Gasteiger partial charge on any atom is -0.505 e. The van der Waals surface area contributed by atoms with Gasteiger partial charge in [0.2, 0.25) is 0 Å². The molecule has 3 aromatic rings. The highest BCUT2D eigenvalue weighted by Crippen LogP contribution is 2.37. The summed E-state index contributed by atoms with van der Waals surface area (Å²) in [7, 11) is 0. The first-order valence-corrected chi connectivity index (χ1v) is 10.4. The minimum atomic E-state index is -0.894. The van der Waals surface area contributed by atoms with Crippen molar-refractivity contribution in [1.29, 1.82) is 0 Å². The van der Waals surface area contributed by atoms with Crippen LogP contribution < -0.4 is 5.32 Å². The van der Waals surface area contributed by atoms with Crippen LogP contribution in [0.5, 0.6) is 5.75 Å². The van der Waals surface area contributed by atoms with Crippen LogP contribution in [0.3, 0.4) is 0 Å². The summed E-state index contributed by atoms with van der Waals surface area (Å²) in [6, 6.07) is 15.8. The van der Waals surface area contributed by atoms with Gasteiger partial charge in [-0.15, -0.1) is 0 Å². The maximum atomic E-state index is 11.2. The lowest BCUT2D eigenvalue weighted by atomic mass is 10.1. The number of nitrogens with one attached hydrogen (secondary N) is 1. The van der Waals surface area contributed by atoms with Gasteiger partial charge in [-0.05, 0) is 49.7 Å². The van der Waals surface area contributed by atoms with Crippen LogP contribution in [0.25, 0.3) is 0 Å². The first kappa shape index (κ1) is 22.0. The zero-order valence-corrected chi connectivity index (χ0v) is 18.0. The number of benzene rings is 3. The molecule has 30 heavy (non-hydrogen) atoms. The Morgan fingerprint density at radius 1 is 1.17 bits per heavy atom. The number of anilines is 1. The molecule has 0 bridgehead atoms. The van der Waals surface area contributed by atoms with Crippen LogP contribution >= 0.6 is 23.4 Å². The summed E-state index contributed by atoms with van der Waals surface area (Å²) in [6.45, 7) is 3.77. The van der Waals surface area contributed by atoms with Crippen molar-refractivity contribution in [2.24, 2.45) is 0 Å². The van der Waals surface area contributed by atoms with E-state index in [1.807, 2.05) is 31.2 Å². The van der Waals surface area contributed by atoms with Crippen molar-refractivity contribution in [3.05, 3.63) is 86.4 Å². The number of rotatable bonds is 7. The van der Waals surface area contributed by atoms with Gasteiger partial charge in [0.15, 0.2) is 0 Å². The Bertz CT molecular complexity index is 1070. The van der Waals surface area contributed by atoms with E-state index in [1.54, 1.807) is 12.1 Å². The van der Waals surface area contributed by atoms with Crippen molar-refractivity contribution in [2.75, 3.05) is 5.32 Å². The summed E-state index contributed by atoms with van der Waals surface area (Å²) in [5.41, 5.74) is 2.48. The Kier molecular flexibility index (Phi) is 6.87. The molecule has 0 heterocycles. The second-order valence-electron chi connectivity index (χ2n) is 6.88. The Balaban J connectivity index is 1.91. The van der Waals surface area contributed by atoms with E-state index in [4.69, 9.17) is 11.6 Å². The molecule has 0 amide bonds. The summed E-state index contributed by atoms with van der Waals surface area (Å²) < 4.78 is 0. The molecule has 0 aliphatic heterocycles. The predicted octanol–water partition coefficient (Wildman–Crippen LogP) is 6.08. The number of aryl methyl sites for hydroxylation is 1. The lowest BCUT2D eigenvalue weighted by molar-refractivity contribution is -0.385. The molecule has 0 saturated heterocycles. The van der Waals surface area contributed by atoms with Gasteiger partial charge in [-0.3, -0.25) is 10.1 Å². The van der Waals surface area contributed by atoms with E-state index >= 15 is 0 Å². The molecule has 0 spiro atoms. The average molecular weight is 445 g/mol. The number of hydrogen-bond donors (Lipinski definition) is 3. The number of aliphatic hydroxyl groups is 1. The van der Waals surface area contributed by atoms with Crippen LogP contribution in [0.15, 0.2) is 64.4 Å². The number of nitro benzene ring substituents is 1. The first-order chi connectivity index (χ1) is 14.2. The third-order valence-electron chi connectivity index (χ3n) is 4.53. The van der Waals surface area contributed by atoms with Gasteiger partial charge in [-0.2, -0.15) is 0 Å². The second-order valence-corrected chi connectivity index (χ2v) is 8.44. The van der Waals surface area contributed by atoms with E-state index in [2.05, 4.69) is 5.32 Å². The Labute approximate surface area is 183 Å². The van der Waals surface area contributed by atoms with Crippen LogP contribution in [-0.4, -0.2) is 15.1 Å². The Hall–Kier alpha value is -2.74. The molecule has 0 saturated carbocycles. The van der Waals surface area contributed by atoms with E-state index in [0.29, 0.717) is 21.8 Å². The maximum absolute atomic E-state index is 11.2. The van der Waals surface area contributed by atoms with Crippen LogP contribution in [0.1, 0.15) is 29.7 Å². The van der Waals surface area contributed by atoms with Crippen molar-refractivity contribution in [2.45, 2.75) is 36.3 Å². The molecular formula is C22H21ClN2O4S. The summed E-state index contributed by atoms with van der Waals surface area (Å²) >= 11 is 7.61. The Morgan fingerprint density at radius 3 is 2.50 bits per heavy atom. The number of aliphatic hydroxyl groups excluding tert-OH is 1. The largest absolute Gasteiger partial charge is 0.505 e. The number of non-ortho nitro benzene ring substituents is 1. The molecule has 0 aromatic heterocycles. The van der Waals surface area contributed by atoms with Crippen molar-refractivity contribution in [1.82, 2.24) is 0 Å². The van der Waals surface area contributed by atoms with Crippen molar-refractivity contribution >= 4 is 34.7 Å². The standard InChI is InChI=1S/C22H21ClN2O4S/c1-13-3-6-18(7-4-13)30-21-8-5-17(25(28)29)9-15(21)12-24-20-11-16(23)10-19(14(2)26)22(20)27/h3-11,14,24,26-27H,12H2,1-2H3. The van der Waals surface area contributed by atoms with Gasteiger partial charge in [0, 0.05) is 39.1 Å². The molecule has 0 aliphatic carbocycles. The van der Waals surface area contributed by atoms with E-state index in [1.165, 1.54) is 36.9 Å². The lowest BCUT2D eigenvalue weighted by Gasteiger charge is -2.16. The average Bonchev–Trinajstić information content (AvgIpc) is 2.70.